The molecule has 0 radical (unpaired) electrons. The molecule has 2 N–H and O–H groups in total. The van der Waals surface area contributed by atoms with Crippen molar-refractivity contribution >= 4 is 5.91 Å². The van der Waals surface area contributed by atoms with E-state index in [0.29, 0.717) is 17.3 Å². The molecule has 0 spiro atoms. The highest BCUT2D eigenvalue weighted by molar-refractivity contribution is 6.00. The van der Waals surface area contributed by atoms with Crippen LogP contribution in [0.3, 0.4) is 0 Å². The molecule has 0 saturated carbocycles. The Labute approximate surface area is 165 Å². The number of nitrogens with zero attached hydrogens (tertiary/aromatic N) is 2. The van der Waals surface area contributed by atoms with Crippen LogP contribution < -0.4 is 10.6 Å². The molecule has 5 heteroatoms. The second-order valence-electron chi connectivity index (χ2n) is 7.59. The summed E-state index contributed by atoms with van der Waals surface area (Å²) in [5.41, 5.74) is 4.39. The summed E-state index contributed by atoms with van der Waals surface area (Å²) in [5.74, 6) is -0.0590. The summed E-state index contributed by atoms with van der Waals surface area (Å²) in [6, 6.07) is 18.6. The quantitative estimate of drug-likeness (QED) is 0.732. The minimum absolute atomic E-state index is 0.0590. The van der Waals surface area contributed by atoms with Gasteiger partial charge in [-0.15, -0.1) is 0 Å². The topological polar surface area (TPSA) is 59.0 Å². The number of carbonyl (C=O) groups is 1. The summed E-state index contributed by atoms with van der Waals surface area (Å²) in [7, 11) is 0. The SMILES string of the molecule is Cc1ccc(-n2cc(C(=O)NC3CCNC(C)C3)c(-c3ccccc3)n2)cc1. The van der Waals surface area contributed by atoms with Crippen LogP contribution >= 0.6 is 0 Å². The van der Waals surface area contributed by atoms with E-state index in [1.807, 2.05) is 48.7 Å². The van der Waals surface area contributed by atoms with Gasteiger partial charge in [0, 0.05) is 23.8 Å². The van der Waals surface area contributed by atoms with E-state index >= 15 is 0 Å². The van der Waals surface area contributed by atoms with Gasteiger partial charge in [0.25, 0.3) is 5.91 Å². The maximum Gasteiger partial charge on any atom is 0.255 e. The third-order valence-corrected chi connectivity index (χ3v) is 5.26. The molecule has 3 aromatic rings. The van der Waals surface area contributed by atoms with Crippen LogP contribution in [0.2, 0.25) is 0 Å². The number of amides is 1. The molecule has 0 bridgehead atoms. The first kappa shape index (κ1) is 18.4. The number of piperidine rings is 1. The molecule has 1 aliphatic rings. The molecule has 144 valence electrons. The lowest BCUT2D eigenvalue weighted by Gasteiger charge is -2.28. The minimum Gasteiger partial charge on any atom is -0.349 e. The number of benzene rings is 2. The number of aromatic nitrogens is 2. The van der Waals surface area contributed by atoms with Gasteiger partial charge in [0.1, 0.15) is 5.69 Å². The summed E-state index contributed by atoms with van der Waals surface area (Å²) in [6.07, 6.45) is 3.73. The highest BCUT2D eigenvalue weighted by Gasteiger charge is 2.24. The summed E-state index contributed by atoms with van der Waals surface area (Å²) in [4.78, 5) is 13.1. The zero-order valence-electron chi connectivity index (χ0n) is 16.4. The Bertz CT molecular complexity index is 946. The second-order valence-corrected chi connectivity index (χ2v) is 7.59. The van der Waals surface area contributed by atoms with Crippen molar-refractivity contribution in [2.45, 2.75) is 38.8 Å². The molecular weight excluding hydrogens is 348 g/mol. The lowest BCUT2D eigenvalue weighted by Crippen LogP contribution is -2.46. The lowest BCUT2D eigenvalue weighted by molar-refractivity contribution is 0.0926. The monoisotopic (exact) mass is 374 g/mol. The highest BCUT2D eigenvalue weighted by Crippen LogP contribution is 2.24. The molecule has 5 nitrogen and oxygen atoms in total. The molecule has 2 heterocycles. The van der Waals surface area contributed by atoms with Crippen LogP contribution in [-0.2, 0) is 0 Å². The lowest BCUT2D eigenvalue weighted by atomic mass is 10.00. The van der Waals surface area contributed by atoms with Gasteiger partial charge in [-0.25, -0.2) is 4.68 Å². The molecule has 1 aliphatic heterocycles. The number of hydrogen-bond acceptors (Lipinski definition) is 3. The van der Waals surface area contributed by atoms with Crippen molar-refractivity contribution in [3.05, 3.63) is 71.9 Å². The van der Waals surface area contributed by atoms with Crippen LogP contribution in [0.1, 0.15) is 35.7 Å². The van der Waals surface area contributed by atoms with Crippen molar-refractivity contribution in [3.63, 3.8) is 0 Å². The van der Waals surface area contributed by atoms with E-state index in [1.54, 1.807) is 4.68 Å². The fraction of sp³-hybridized carbons (Fsp3) is 0.304. The fourth-order valence-electron chi connectivity index (χ4n) is 3.71. The normalized spacial score (nSPS) is 19.4. The van der Waals surface area contributed by atoms with Gasteiger partial charge in [0.15, 0.2) is 0 Å². The maximum absolute atomic E-state index is 13.1. The van der Waals surface area contributed by atoms with Crippen molar-refractivity contribution in [3.8, 4) is 16.9 Å². The molecule has 0 aliphatic carbocycles. The van der Waals surface area contributed by atoms with Gasteiger partial charge in [-0.1, -0.05) is 48.0 Å². The summed E-state index contributed by atoms with van der Waals surface area (Å²) < 4.78 is 1.79. The van der Waals surface area contributed by atoms with Crippen LogP contribution in [0, 0.1) is 6.92 Å². The van der Waals surface area contributed by atoms with Crippen LogP contribution in [-0.4, -0.2) is 34.3 Å². The molecule has 2 unspecified atom stereocenters. The first-order valence-corrected chi connectivity index (χ1v) is 9.86. The summed E-state index contributed by atoms with van der Waals surface area (Å²) in [5, 5.41) is 11.4. The third kappa shape index (κ3) is 3.99. The largest absolute Gasteiger partial charge is 0.349 e. The summed E-state index contributed by atoms with van der Waals surface area (Å²) >= 11 is 0. The Morgan fingerprint density at radius 3 is 2.61 bits per heavy atom. The standard InChI is InChI=1S/C23H26N4O/c1-16-8-10-20(11-9-16)27-15-21(22(26-27)18-6-4-3-5-7-18)23(28)25-19-12-13-24-17(2)14-19/h3-11,15,17,19,24H,12-14H2,1-2H3,(H,25,28). The maximum atomic E-state index is 13.1. The molecule has 1 saturated heterocycles. The van der Waals surface area contributed by atoms with E-state index < -0.39 is 0 Å². The van der Waals surface area contributed by atoms with E-state index in [-0.39, 0.29) is 11.9 Å². The summed E-state index contributed by atoms with van der Waals surface area (Å²) in [6.45, 7) is 5.14. The van der Waals surface area contributed by atoms with E-state index in [9.17, 15) is 4.79 Å². The van der Waals surface area contributed by atoms with Crippen molar-refractivity contribution in [2.24, 2.45) is 0 Å². The molecule has 1 fully saturated rings. The predicted molar refractivity (Wildman–Crippen MR) is 112 cm³/mol. The van der Waals surface area contributed by atoms with Gasteiger partial charge in [-0.05, 0) is 45.4 Å². The molecule has 2 atom stereocenters. The van der Waals surface area contributed by atoms with Crippen molar-refractivity contribution < 1.29 is 4.79 Å². The number of nitrogens with one attached hydrogen (secondary N) is 2. The molecule has 28 heavy (non-hydrogen) atoms. The Kier molecular flexibility index (Phi) is 5.26. The smallest absolute Gasteiger partial charge is 0.255 e. The molecular formula is C23H26N4O. The van der Waals surface area contributed by atoms with Gasteiger partial charge in [-0.3, -0.25) is 4.79 Å². The zero-order valence-corrected chi connectivity index (χ0v) is 16.4. The van der Waals surface area contributed by atoms with E-state index in [0.717, 1.165) is 30.6 Å². The first-order chi connectivity index (χ1) is 13.6. The Balaban J connectivity index is 1.68. The fourth-order valence-corrected chi connectivity index (χ4v) is 3.71. The van der Waals surface area contributed by atoms with Crippen LogP contribution in [0.4, 0.5) is 0 Å². The number of carbonyl (C=O) groups excluding carboxylic acids is 1. The van der Waals surface area contributed by atoms with Crippen LogP contribution in [0.5, 0.6) is 0 Å². The Hall–Kier alpha value is -2.92. The van der Waals surface area contributed by atoms with Gasteiger partial charge in [-0.2, -0.15) is 5.10 Å². The second kappa shape index (κ2) is 7.98. The molecule has 1 aromatic heterocycles. The van der Waals surface area contributed by atoms with Crippen molar-refractivity contribution in [1.29, 1.82) is 0 Å². The number of rotatable bonds is 4. The highest BCUT2D eigenvalue weighted by atomic mass is 16.1. The number of hydrogen-bond donors (Lipinski definition) is 2. The average Bonchev–Trinajstić information content (AvgIpc) is 3.15. The molecule has 1 amide bonds. The minimum atomic E-state index is -0.0590. The Morgan fingerprint density at radius 2 is 1.89 bits per heavy atom. The molecule has 2 aromatic carbocycles. The van der Waals surface area contributed by atoms with Crippen molar-refractivity contribution in [1.82, 2.24) is 20.4 Å². The van der Waals surface area contributed by atoms with Gasteiger partial charge in [0.05, 0.1) is 11.3 Å². The average molecular weight is 374 g/mol. The van der Waals surface area contributed by atoms with Gasteiger partial charge < -0.3 is 10.6 Å². The third-order valence-electron chi connectivity index (χ3n) is 5.26. The first-order valence-electron chi connectivity index (χ1n) is 9.86. The molecule has 4 rings (SSSR count). The van der Waals surface area contributed by atoms with E-state index in [4.69, 9.17) is 5.10 Å². The Morgan fingerprint density at radius 1 is 1.14 bits per heavy atom. The van der Waals surface area contributed by atoms with Gasteiger partial charge >= 0.3 is 0 Å². The number of aryl methyl sites for hydroxylation is 1. The van der Waals surface area contributed by atoms with Crippen molar-refractivity contribution in [2.75, 3.05) is 6.54 Å². The van der Waals surface area contributed by atoms with Crippen LogP contribution in [0.25, 0.3) is 16.9 Å². The van der Waals surface area contributed by atoms with Gasteiger partial charge in [0.2, 0.25) is 0 Å². The predicted octanol–water partition coefficient (Wildman–Crippen LogP) is 3.72. The zero-order chi connectivity index (χ0) is 19.5. The van der Waals surface area contributed by atoms with E-state index in [1.165, 1.54) is 5.56 Å². The van der Waals surface area contributed by atoms with Crippen LogP contribution in [0.15, 0.2) is 60.8 Å². The van der Waals surface area contributed by atoms with E-state index in [2.05, 4.69) is 36.6 Å².